The fourth-order valence-corrected chi connectivity index (χ4v) is 2.54. The van der Waals surface area contributed by atoms with Crippen LogP contribution in [0.3, 0.4) is 0 Å². The van der Waals surface area contributed by atoms with Crippen molar-refractivity contribution in [3.63, 3.8) is 0 Å². The van der Waals surface area contributed by atoms with Gasteiger partial charge in [0.2, 0.25) is 0 Å². The summed E-state index contributed by atoms with van der Waals surface area (Å²) in [7, 11) is 1.25. The summed E-state index contributed by atoms with van der Waals surface area (Å²) in [5.41, 5.74) is 1.26. The molecule has 0 aliphatic heterocycles. The first-order valence-corrected chi connectivity index (χ1v) is 8.59. The number of aliphatic imine (C=N–C) groups is 2. The fourth-order valence-electron chi connectivity index (χ4n) is 2.54. The molecule has 0 spiro atoms. The van der Waals surface area contributed by atoms with E-state index in [-0.39, 0.29) is 33.9 Å². The zero-order valence-corrected chi connectivity index (χ0v) is 15.5. The summed E-state index contributed by atoms with van der Waals surface area (Å²) in [5, 5.41) is 30.3. The van der Waals surface area contributed by atoms with Crippen LogP contribution in [0.2, 0.25) is 0 Å². The van der Waals surface area contributed by atoms with E-state index >= 15 is 0 Å². The lowest BCUT2D eigenvalue weighted by molar-refractivity contribution is 0.0600. The third kappa shape index (κ3) is 4.59. The Balaban J connectivity index is 2.04. The number of para-hydroxylation sites is 4. The second-order valence-corrected chi connectivity index (χ2v) is 5.99. The average Bonchev–Trinajstić information content (AvgIpc) is 2.73. The number of nitrogens with zero attached hydrogens (tertiary/aromatic N) is 2. The van der Waals surface area contributed by atoms with Crippen molar-refractivity contribution in [2.45, 2.75) is 0 Å². The number of carbonyl (C=O) groups excluding carboxylic acids is 1. The van der Waals surface area contributed by atoms with Gasteiger partial charge in [0.25, 0.3) is 0 Å². The van der Waals surface area contributed by atoms with Crippen LogP contribution in [0.5, 0.6) is 17.2 Å². The zero-order valence-electron chi connectivity index (χ0n) is 15.5. The lowest BCUT2D eigenvalue weighted by Crippen LogP contribution is -2.04. The summed E-state index contributed by atoms with van der Waals surface area (Å²) in [6, 6.07) is 15.8. The predicted octanol–water partition coefficient (Wildman–Crippen LogP) is 4.09. The van der Waals surface area contributed by atoms with Gasteiger partial charge in [-0.05, 0) is 36.4 Å². The molecule has 0 bridgehead atoms. The van der Waals surface area contributed by atoms with E-state index in [1.807, 2.05) is 0 Å². The Hall–Kier alpha value is -4.13. The van der Waals surface area contributed by atoms with Gasteiger partial charge < -0.3 is 20.1 Å². The van der Waals surface area contributed by atoms with Gasteiger partial charge in [-0.15, -0.1) is 0 Å². The van der Waals surface area contributed by atoms with Crippen LogP contribution in [0, 0.1) is 0 Å². The number of carbonyl (C=O) groups is 1. The van der Waals surface area contributed by atoms with Crippen molar-refractivity contribution < 1.29 is 24.9 Å². The molecule has 7 nitrogen and oxygen atoms in total. The van der Waals surface area contributed by atoms with Crippen LogP contribution >= 0.6 is 0 Å². The minimum Gasteiger partial charge on any atom is -0.507 e. The minimum atomic E-state index is -0.598. The van der Waals surface area contributed by atoms with Crippen LogP contribution in [-0.4, -0.2) is 40.8 Å². The molecule has 0 saturated heterocycles. The van der Waals surface area contributed by atoms with Gasteiger partial charge in [0, 0.05) is 23.6 Å². The van der Waals surface area contributed by atoms with Crippen LogP contribution in [0.15, 0.2) is 70.6 Å². The van der Waals surface area contributed by atoms with Gasteiger partial charge in [-0.2, -0.15) is 0 Å². The monoisotopic (exact) mass is 390 g/mol. The van der Waals surface area contributed by atoms with Crippen LogP contribution < -0.4 is 0 Å². The van der Waals surface area contributed by atoms with Gasteiger partial charge in [0.15, 0.2) is 0 Å². The van der Waals surface area contributed by atoms with E-state index in [1.165, 1.54) is 43.8 Å². The Kier molecular flexibility index (Phi) is 5.89. The molecule has 0 saturated carbocycles. The van der Waals surface area contributed by atoms with Crippen molar-refractivity contribution in [3.8, 4) is 17.2 Å². The van der Waals surface area contributed by atoms with Crippen molar-refractivity contribution in [2.24, 2.45) is 9.98 Å². The maximum absolute atomic E-state index is 12.0. The largest absolute Gasteiger partial charge is 0.507 e. The van der Waals surface area contributed by atoms with Gasteiger partial charge in [-0.3, -0.25) is 9.98 Å². The highest BCUT2D eigenvalue weighted by Gasteiger charge is 2.13. The van der Waals surface area contributed by atoms with E-state index in [4.69, 9.17) is 4.74 Å². The second kappa shape index (κ2) is 8.71. The summed E-state index contributed by atoms with van der Waals surface area (Å²) >= 11 is 0. The predicted molar refractivity (Wildman–Crippen MR) is 110 cm³/mol. The van der Waals surface area contributed by atoms with Crippen molar-refractivity contribution in [1.82, 2.24) is 0 Å². The quantitative estimate of drug-likeness (QED) is 0.449. The Bertz CT molecular complexity index is 1030. The number of hydrogen-bond acceptors (Lipinski definition) is 7. The highest BCUT2D eigenvalue weighted by atomic mass is 16.5. The van der Waals surface area contributed by atoms with E-state index < -0.39 is 5.97 Å². The molecule has 0 aliphatic carbocycles. The van der Waals surface area contributed by atoms with E-state index in [0.29, 0.717) is 11.4 Å². The van der Waals surface area contributed by atoms with Gasteiger partial charge in [-0.1, -0.05) is 24.3 Å². The summed E-state index contributed by atoms with van der Waals surface area (Å²) in [4.78, 5) is 20.3. The van der Waals surface area contributed by atoms with Gasteiger partial charge in [0.1, 0.15) is 28.6 Å². The molecular weight excluding hydrogens is 372 g/mol. The van der Waals surface area contributed by atoms with Gasteiger partial charge in [0.05, 0.1) is 12.7 Å². The Morgan fingerprint density at radius 3 is 1.69 bits per heavy atom. The van der Waals surface area contributed by atoms with E-state index in [1.54, 1.807) is 36.4 Å². The molecule has 29 heavy (non-hydrogen) atoms. The second-order valence-electron chi connectivity index (χ2n) is 5.99. The molecule has 0 atom stereocenters. The Labute approximate surface area is 166 Å². The number of methoxy groups -OCH3 is 1. The fraction of sp³-hybridized carbons (Fsp3) is 0.0455. The van der Waals surface area contributed by atoms with Crippen LogP contribution in [0.4, 0.5) is 11.4 Å². The number of ether oxygens (including phenoxy) is 1. The first-order valence-electron chi connectivity index (χ1n) is 8.59. The lowest BCUT2D eigenvalue weighted by atomic mass is 10.0. The molecule has 0 fully saturated rings. The molecule has 0 heterocycles. The maximum atomic E-state index is 12.0. The highest BCUT2D eigenvalue weighted by Crippen LogP contribution is 2.29. The van der Waals surface area contributed by atoms with Crippen molar-refractivity contribution in [1.29, 1.82) is 0 Å². The molecule has 3 aromatic rings. The normalized spacial score (nSPS) is 11.2. The SMILES string of the molecule is COC(=O)c1cc(C=Nc2ccccc2O)c(O)c(C=Nc2ccccc2O)c1. The number of benzene rings is 3. The Morgan fingerprint density at radius 1 is 0.828 bits per heavy atom. The molecule has 3 rings (SSSR count). The minimum absolute atomic E-state index is 0.0197. The van der Waals surface area contributed by atoms with E-state index in [0.717, 1.165) is 0 Å². The number of esters is 1. The lowest BCUT2D eigenvalue weighted by Gasteiger charge is -2.07. The first-order chi connectivity index (χ1) is 14.0. The molecular formula is C22H18N2O5. The summed E-state index contributed by atoms with van der Waals surface area (Å²) < 4.78 is 4.76. The molecule has 3 N–H and O–H groups in total. The molecule has 0 aromatic heterocycles. The van der Waals surface area contributed by atoms with E-state index in [2.05, 4.69) is 9.98 Å². The molecule has 0 amide bonds. The zero-order chi connectivity index (χ0) is 20.8. The third-order valence-electron chi connectivity index (χ3n) is 4.04. The van der Waals surface area contributed by atoms with Crippen molar-refractivity contribution >= 4 is 29.8 Å². The highest BCUT2D eigenvalue weighted by molar-refractivity contribution is 5.99. The van der Waals surface area contributed by atoms with Gasteiger partial charge in [-0.25, -0.2) is 4.79 Å². The number of aromatic hydroxyl groups is 3. The molecule has 0 aliphatic rings. The number of phenols is 3. The average molecular weight is 390 g/mol. The molecule has 3 aromatic carbocycles. The Morgan fingerprint density at radius 2 is 1.28 bits per heavy atom. The van der Waals surface area contributed by atoms with Crippen LogP contribution in [-0.2, 0) is 4.74 Å². The third-order valence-corrected chi connectivity index (χ3v) is 4.04. The molecule has 0 unspecified atom stereocenters. The molecule has 146 valence electrons. The van der Waals surface area contributed by atoms with Crippen molar-refractivity contribution in [3.05, 3.63) is 77.4 Å². The molecule has 0 radical (unpaired) electrons. The summed E-state index contributed by atoms with van der Waals surface area (Å²) in [6.45, 7) is 0. The topological polar surface area (TPSA) is 112 Å². The summed E-state index contributed by atoms with van der Waals surface area (Å²) in [6.07, 6.45) is 2.66. The maximum Gasteiger partial charge on any atom is 0.337 e. The van der Waals surface area contributed by atoms with E-state index in [9.17, 15) is 20.1 Å². The smallest absolute Gasteiger partial charge is 0.337 e. The van der Waals surface area contributed by atoms with Crippen LogP contribution in [0.1, 0.15) is 21.5 Å². The number of phenolic OH excluding ortho intramolecular Hbond substituents is 3. The standard InChI is InChI=1S/C22H18N2O5/c1-29-22(28)14-10-15(12-23-17-6-2-4-8-19(17)25)21(27)16(11-14)13-24-18-7-3-5-9-20(18)26/h2-13,25-27H,1H3. The molecule has 7 heteroatoms. The van der Waals surface area contributed by atoms with Crippen molar-refractivity contribution in [2.75, 3.05) is 7.11 Å². The number of hydrogen-bond donors (Lipinski definition) is 3. The van der Waals surface area contributed by atoms with Crippen LogP contribution in [0.25, 0.3) is 0 Å². The number of rotatable bonds is 5. The summed E-state index contributed by atoms with van der Waals surface area (Å²) in [5.74, 6) is -0.808. The first kappa shape index (κ1) is 19.6. The van der Waals surface area contributed by atoms with Gasteiger partial charge >= 0.3 is 5.97 Å².